The lowest BCUT2D eigenvalue weighted by atomic mass is 9.87. The highest BCUT2D eigenvalue weighted by atomic mass is 16.5. The molecule has 0 heterocycles. The number of aliphatic hydroxyl groups is 1. The summed E-state index contributed by atoms with van der Waals surface area (Å²) in [6.07, 6.45) is 3.92. The zero-order chi connectivity index (χ0) is 11.0. The zero-order valence-electron chi connectivity index (χ0n) is 10.2. The molecule has 14 heavy (non-hydrogen) atoms. The molecule has 0 radical (unpaired) electrons. The van der Waals surface area contributed by atoms with E-state index in [-0.39, 0.29) is 11.5 Å². The lowest BCUT2D eigenvalue weighted by molar-refractivity contribution is 0.0420. The summed E-state index contributed by atoms with van der Waals surface area (Å²) in [6.45, 7) is 10.0. The molecule has 0 aliphatic heterocycles. The van der Waals surface area contributed by atoms with Crippen molar-refractivity contribution in [2.45, 2.75) is 59.5 Å². The van der Waals surface area contributed by atoms with E-state index >= 15 is 0 Å². The van der Waals surface area contributed by atoms with Crippen LogP contribution in [0.5, 0.6) is 0 Å². The van der Waals surface area contributed by atoms with E-state index in [1.54, 1.807) is 0 Å². The van der Waals surface area contributed by atoms with Gasteiger partial charge in [-0.25, -0.2) is 0 Å². The van der Waals surface area contributed by atoms with E-state index in [0.29, 0.717) is 0 Å². The molecule has 0 aromatic carbocycles. The van der Waals surface area contributed by atoms with Gasteiger partial charge in [-0.05, 0) is 24.7 Å². The number of unbranched alkanes of at least 4 members (excludes halogenated alkanes) is 1. The molecule has 86 valence electrons. The third-order valence-corrected chi connectivity index (χ3v) is 2.41. The fourth-order valence-electron chi connectivity index (χ4n) is 1.16. The van der Waals surface area contributed by atoms with E-state index in [2.05, 4.69) is 27.7 Å². The van der Waals surface area contributed by atoms with Crippen molar-refractivity contribution in [2.24, 2.45) is 5.41 Å². The van der Waals surface area contributed by atoms with Crippen molar-refractivity contribution in [1.82, 2.24) is 0 Å². The number of hydrogen-bond donors (Lipinski definition) is 1. The lowest BCUT2D eigenvalue weighted by Crippen LogP contribution is -2.26. The normalized spacial score (nSPS) is 14.4. The van der Waals surface area contributed by atoms with Gasteiger partial charge in [0.1, 0.15) is 0 Å². The molecule has 0 fully saturated rings. The van der Waals surface area contributed by atoms with Crippen LogP contribution in [0.15, 0.2) is 0 Å². The molecule has 0 amide bonds. The first kappa shape index (κ1) is 13.9. The molecule has 1 atom stereocenters. The van der Waals surface area contributed by atoms with Gasteiger partial charge in [0.05, 0.1) is 6.10 Å². The molecule has 2 nitrogen and oxygen atoms in total. The van der Waals surface area contributed by atoms with Gasteiger partial charge >= 0.3 is 0 Å². The predicted molar refractivity (Wildman–Crippen MR) is 60.4 cm³/mol. The second-order valence-corrected chi connectivity index (χ2v) is 4.99. The predicted octanol–water partition coefficient (Wildman–Crippen LogP) is 2.99. The van der Waals surface area contributed by atoms with Crippen LogP contribution in [-0.4, -0.2) is 24.4 Å². The van der Waals surface area contributed by atoms with Gasteiger partial charge in [0.15, 0.2) is 0 Å². The number of ether oxygens (including phenoxy) is 1. The smallest absolute Gasteiger partial charge is 0.0589 e. The Bertz CT molecular complexity index is 127. The van der Waals surface area contributed by atoms with Crippen LogP contribution in [0.2, 0.25) is 0 Å². The molecule has 0 bridgehead atoms. The molecule has 0 aliphatic rings. The molecule has 1 unspecified atom stereocenters. The average Bonchev–Trinajstić information content (AvgIpc) is 2.09. The maximum absolute atomic E-state index is 9.73. The van der Waals surface area contributed by atoms with Gasteiger partial charge in [-0.3, -0.25) is 0 Å². The first-order valence-electron chi connectivity index (χ1n) is 5.74. The summed E-state index contributed by atoms with van der Waals surface area (Å²) in [5.41, 5.74) is 0.00339. The van der Waals surface area contributed by atoms with Crippen molar-refractivity contribution < 1.29 is 9.84 Å². The molecule has 0 saturated heterocycles. The van der Waals surface area contributed by atoms with Crippen LogP contribution in [-0.2, 0) is 4.74 Å². The summed E-state index contributed by atoms with van der Waals surface area (Å²) in [6, 6.07) is 0. The summed E-state index contributed by atoms with van der Waals surface area (Å²) in [7, 11) is 0. The van der Waals surface area contributed by atoms with Crippen molar-refractivity contribution in [2.75, 3.05) is 13.2 Å². The summed E-state index contributed by atoms with van der Waals surface area (Å²) in [5, 5.41) is 9.73. The van der Waals surface area contributed by atoms with Crippen LogP contribution in [0.25, 0.3) is 0 Å². The third-order valence-electron chi connectivity index (χ3n) is 2.41. The molecular weight excluding hydrogens is 176 g/mol. The lowest BCUT2D eigenvalue weighted by Gasteiger charge is -2.25. The second-order valence-electron chi connectivity index (χ2n) is 4.99. The van der Waals surface area contributed by atoms with Gasteiger partial charge in [-0.1, -0.05) is 34.1 Å². The van der Waals surface area contributed by atoms with E-state index in [4.69, 9.17) is 4.74 Å². The minimum absolute atomic E-state index is 0.00339. The average molecular weight is 202 g/mol. The first-order valence-corrected chi connectivity index (χ1v) is 5.74. The van der Waals surface area contributed by atoms with Crippen molar-refractivity contribution in [3.05, 3.63) is 0 Å². The first-order chi connectivity index (χ1) is 6.48. The SMILES string of the molecule is CCCCOCCCC(O)C(C)(C)C. The quantitative estimate of drug-likeness (QED) is 0.643. The molecule has 2 heteroatoms. The van der Waals surface area contributed by atoms with Gasteiger partial charge in [0.2, 0.25) is 0 Å². The Morgan fingerprint density at radius 1 is 1.14 bits per heavy atom. The molecule has 0 aromatic heterocycles. The Labute approximate surface area is 88.7 Å². The Kier molecular flexibility index (Phi) is 7.20. The molecule has 0 aliphatic carbocycles. The standard InChI is InChI=1S/C12H26O2/c1-5-6-9-14-10-7-8-11(13)12(2,3)4/h11,13H,5-10H2,1-4H3. The van der Waals surface area contributed by atoms with Crippen molar-refractivity contribution in [3.63, 3.8) is 0 Å². The monoisotopic (exact) mass is 202 g/mol. The van der Waals surface area contributed by atoms with E-state index in [1.807, 2.05) is 0 Å². The van der Waals surface area contributed by atoms with Crippen LogP contribution in [0.4, 0.5) is 0 Å². The summed E-state index contributed by atoms with van der Waals surface area (Å²) in [5.74, 6) is 0. The van der Waals surface area contributed by atoms with Crippen LogP contribution in [0.1, 0.15) is 53.4 Å². The molecule has 0 spiro atoms. The van der Waals surface area contributed by atoms with Gasteiger partial charge < -0.3 is 9.84 Å². The summed E-state index contributed by atoms with van der Waals surface area (Å²) in [4.78, 5) is 0. The van der Waals surface area contributed by atoms with E-state index < -0.39 is 0 Å². The highest BCUT2D eigenvalue weighted by Gasteiger charge is 2.20. The Hall–Kier alpha value is -0.0800. The molecule has 0 aromatic rings. The Morgan fingerprint density at radius 3 is 2.21 bits per heavy atom. The minimum atomic E-state index is -0.211. The maximum Gasteiger partial charge on any atom is 0.0589 e. The minimum Gasteiger partial charge on any atom is -0.393 e. The molecule has 0 rings (SSSR count). The fraction of sp³-hybridized carbons (Fsp3) is 1.00. The summed E-state index contributed by atoms with van der Waals surface area (Å²) >= 11 is 0. The van der Waals surface area contributed by atoms with Crippen molar-refractivity contribution >= 4 is 0 Å². The van der Waals surface area contributed by atoms with Gasteiger partial charge in [0.25, 0.3) is 0 Å². The number of aliphatic hydroxyl groups excluding tert-OH is 1. The fourth-order valence-corrected chi connectivity index (χ4v) is 1.16. The van der Waals surface area contributed by atoms with Gasteiger partial charge in [-0.15, -0.1) is 0 Å². The van der Waals surface area contributed by atoms with E-state index in [1.165, 1.54) is 6.42 Å². The third kappa shape index (κ3) is 7.34. The Morgan fingerprint density at radius 2 is 1.71 bits per heavy atom. The highest BCUT2D eigenvalue weighted by Crippen LogP contribution is 2.22. The molecular formula is C12H26O2. The number of rotatable bonds is 7. The van der Waals surface area contributed by atoms with Crippen LogP contribution >= 0.6 is 0 Å². The highest BCUT2D eigenvalue weighted by molar-refractivity contribution is 4.72. The maximum atomic E-state index is 9.73. The van der Waals surface area contributed by atoms with Crippen LogP contribution in [0.3, 0.4) is 0 Å². The second kappa shape index (κ2) is 7.24. The van der Waals surface area contributed by atoms with Crippen LogP contribution in [0, 0.1) is 5.41 Å². The van der Waals surface area contributed by atoms with E-state index in [0.717, 1.165) is 32.5 Å². The largest absolute Gasteiger partial charge is 0.393 e. The van der Waals surface area contributed by atoms with E-state index in [9.17, 15) is 5.11 Å². The zero-order valence-corrected chi connectivity index (χ0v) is 10.2. The van der Waals surface area contributed by atoms with Gasteiger partial charge in [-0.2, -0.15) is 0 Å². The van der Waals surface area contributed by atoms with Gasteiger partial charge in [0, 0.05) is 13.2 Å². The van der Waals surface area contributed by atoms with Crippen LogP contribution < -0.4 is 0 Å². The topological polar surface area (TPSA) is 29.5 Å². The Balaban J connectivity index is 3.28. The number of hydrogen-bond acceptors (Lipinski definition) is 2. The molecule has 1 N–H and O–H groups in total. The molecule has 0 saturated carbocycles. The van der Waals surface area contributed by atoms with Crippen molar-refractivity contribution in [1.29, 1.82) is 0 Å². The summed E-state index contributed by atoms with van der Waals surface area (Å²) < 4.78 is 5.43. The van der Waals surface area contributed by atoms with Crippen molar-refractivity contribution in [3.8, 4) is 0 Å².